The number of hydrogen-bond donors (Lipinski definition) is 1. The van der Waals surface area contributed by atoms with E-state index in [1.165, 1.54) is 5.56 Å². The van der Waals surface area contributed by atoms with Crippen molar-refractivity contribution in [1.29, 1.82) is 0 Å². The number of anilines is 1. The molecule has 0 aliphatic heterocycles. The van der Waals surface area contributed by atoms with Gasteiger partial charge in [0.25, 0.3) is 0 Å². The van der Waals surface area contributed by atoms with E-state index in [2.05, 4.69) is 55.2 Å². The molecule has 3 nitrogen and oxygen atoms in total. The molecule has 18 heavy (non-hydrogen) atoms. The number of nitrogens with two attached hydrogens (primary N) is 1. The van der Waals surface area contributed by atoms with E-state index in [4.69, 9.17) is 5.73 Å². The van der Waals surface area contributed by atoms with Crippen molar-refractivity contribution < 1.29 is 0 Å². The van der Waals surface area contributed by atoms with Gasteiger partial charge in [0, 0.05) is 17.8 Å². The van der Waals surface area contributed by atoms with Crippen LogP contribution in [-0.2, 0) is 0 Å². The number of benzene rings is 1. The van der Waals surface area contributed by atoms with Crippen molar-refractivity contribution in [3.05, 3.63) is 48.2 Å². The minimum Gasteiger partial charge on any atom is -0.384 e. The number of hydrogen-bond acceptors (Lipinski definition) is 3. The largest absolute Gasteiger partial charge is 0.384 e. The molecule has 0 unspecified atom stereocenters. The Balaban J connectivity index is 2.24. The van der Waals surface area contributed by atoms with Crippen LogP contribution in [0.1, 0.15) is 18.5 Å². The van der Waals surface area contributed by atoms with Crippen molar-refractivity contribution in [3.63, 3.8) is 0 Å². The molecule has 0 saturated heterocycles. The van der Waals surface area contributed by atoms with Gasteiger partial charge in [0.1, 0.15) is 5.82 Å². The zero-order valence-electron chi connectivity index (χ0n) is 11.1. The summed E-state index contributed by atoms with van der Waals surface area (Å²) in [7, 11) is 4.17. The van der Waals surface area contributed by atoms with E-state index in [9.17, 15) is 0 Å². The third-order valence-electron chi connectivity index (χ3n) is 3.29. The van der Waals surface area contributed by atoms with Crippen molar-refractivity contribution in [2.75, 3.05) is 19.8 Å². The molecular formula is C15H19N3. The Hall–Kier alpha value is -1.87. The Labute approximate surface area is 108 Å². The molecule has 0 aliphatic carbocycles. The quantitative estimate of drug-likeness (QED) is 0.898. The zero-order chi connectivity index (χ0) is 13.1. The summed E-state index contributed by atoms with van der Waals surface area (Å²) in [4.78, 5) is 6.31. The first-order chi connectivity index (χ1) is 8.58. The summed E-state index contributed by atoms with van der Waals surface area (Å²) in [6.45, 7) is 2.19. The third-order valence-corrected chi connectivity index (χ3v) is 3.29. The minimum atomic E-state index is 0.420. The van der Waals surface area contributed by atoms with Gasteiger partial charge >= 0.3 is 0 Å². The minimum absolute atomic E-state index is 0.420. The summed E-state index contributed by atoms with van der Waals surface area (Å²) < 4.78 is 0. The molecule has 2 N–H and O–H groups in total. The lowest BCUT2D eigenvalue weighted by molar-refractivity contribution is 0.321. The van der Waals surface area contributed by atoms with Crippen LogP contribution < -0.4 is 5.73 Å². The summed E-state index contributed by atoms with van der Waals surface area (Å²) in [5, 5.41) is 0. The predicted octanol–water partition coefficient (Wildman–Crippen LogP) is 2.95. The number of nitrogen functional groups attached to an aromatic ring is 1. The van der Waals surface area contributed by atoms with Gasteiger partial charge in [0.15, 0.2) is 0 Å². The van der Waals surface area contributed by atoms with E-state index in [1.807, 2.05) is 12.1 Å². The molecule has 0 bridgehead atoms. The fraction of sp³-hybridized carbons (Fsp3) is 0.267. The second kappa shape index (κ2) is 5.19. The molecule has 94 valence electrons. The van der Waals surface area contributed by atoms with Crippen LogP contribution >= 0.6 is 0 Å². The fourth-order valence-corrected chi connectivity index (χ4v) is 1.83. The summed E-state index contributed by atoms with van der Waals surface area (Å²) in [6, 6.07) is 12.8. The highest BCUT2D eigenvalue weighted by Gasteiger charge is 2.07. The fourth-order valence-electron chi connectivity index (χ4n) is 1.83. The lowest BCUT2D eigenvalue weighted by Crippen LogP contribution is -2.16. The van der Waals surface area contributed by atoms with Gasteiger partial charge in [-0.05, 0) is 44.3 Å². The highest BCUT2D eigenvalue weighted by atomic mass is 15.1. The molecule has 0 amide bonds. The van der Waals surface area contributed by atoms with E-state index >= 15 is 0 Å². The average Bonchev–Trinajstić information content (AvgIpc) is 2.39. The molecule has 1 atom stereocenters. The Morgan fingerprint density at radius 3 is 2.11 bits per heavy atom. The molecule has 3 heteroatoms. The SMILES string of the molecule is C[C@@H](c1ccc(-c2ccc(N)nc2)cc1)N(C)C. The van der Waals surface area contributed by atoms with Crippen LogP contribution in [0.2, 0.25) is 0 Å². The molecule has 1 heterocycles. The third kappa shape index (κ3) is 2.68. The molecular weight excluding hydrogens is 222 g/mol. The molecule has 0 radical (unpaired) electrons. The van der Waals surface area contributed by atoms with Crippen molar-refractivity contribution in [1.82, 2.24) is 9.88 Å². The second-order valence-corrected chi connectivity index (χ2v) is 4.73. The summed E-state index contributed by atoms with van der Waals surface area (Å²) >= 11 is 0. The molecule has 1 aromatic carbocycles. The zero-order valence-corrected chi connectivity index (χ0v) is 11.1. The summed E-state index contributed by atoms with van der Waals surface area (Å²) in [5.74, 6) is 0.552. The van der Waals surface area contributed by atoms with E-state index < -0.39 is 0 Å². The summed E-state index contributed by atoms with van der Waals surface area (Å²) in [6.07, 6.45) is 1.81. The lowest BCUT2D eigenvalue weighted by atomic mass is 10.0. The predicted molar refractivity (Wildman–Crippen MR) is 76.2 cm³/mol. The molecule has 2 aromatic rings. The van der Waals surface area contributed by atoms with Gasteiger partial charge in [-0.1, -0.05) is 24.3 Å². The first kappa shape index (κ1) is 12.6. The first-order valence-electron chi connectivity index (χ1n) is 6.06. The van der Waals surface area contributed by atoms with Crippen LogP contribution in [0, 0.1) is 0 Å². The standard InChI is InChI=1S/C15H19N3/c1-11(18(2)3)12-4-6-13(7-5-12)14-8-9-15(16)17-10-14/h4-11H,1-3H3,(H2,16,17)/t11-/m0/s1. The van der Waals surface area contributed by atoms with Gasteiger partial charge in [0.05, 0.1) is 0 Å². The molecule has 0 saturated carbocycles. The van der Waals surface area contributed by atoms with Crippen molar-refractivity contribution in [2.24, 2.45) is 0 Å². The van der Waals surface area contributed by atoms with Crippen LogP contribution in [0.4, 0.5) is 5.82 Å². The maximum Gasteiger partial charge on any atom is 0.123 e. The number of pyridine rings is 1. The number of nitrogens with zero attached hydrogens (tertiary/aromatic N) is 2. The van der Waals surface area contributed by atoms with Crippen LogP contribution in [0.15, 0.2) is 42.6 Å². The molecule has 0 aliphatic rings. The topological polar surface area (TPSA) is 42.1 Å². The normalized spacial score (nSPS) is 12.7. The molecule has 0 spiro atoms. The second-order valence-electron chi connectivity index (χ2n) is 4.73. The van der Waals surface area contributed by atoms with Crippen LogP contribution in [0.25, 0.3) is 11.1 Å². The van der Waals surface area contributed by atoms with E-state index in [0.29, 0.717) is 11.9 Å². The van der Waals surface area contributed by atoms with E-state index in [1.54, 1.807) is 6.20 Å². The van der Waals surface area contributed by atoms with Crippen molar-refractivity contribution >= 4 is 5.82 Å². The van der Waals surface area contributed by atoms with Crippen LogP contribution in [-0.4, -0.2) is 24.0 Å². The van der Waals surface area contributed by atoms with Gasteiger partial charge in [-0.3, -0.25) is 0 Å². The Kier molecular flexibility index (Phi) is 3.63. The molecule has 1 aromatic heterocycles. The summed E-state index contributed by atoms with van der Waals surface area (Å²) in [5.41, 5.74) is 9.15. The van der Waals surface area contributed by atoms with Crippen LogP contribution in [0.3, 0.4) is 0 Å². The lowest BCUT2D eigenvalue weighted by Gasteiger charge is -2.20. The van der Waals surface area contributed by atoms with Crippen molar-refractivity contribution in [3.8, 4) is 11.1 Å². The number of aromatic nitrogens is 1. The highest BCUT2D eigenvalue weighted by molar-refractivity contribution is 5.63. The maximum absolute atomic E-state index is 5.59. The van der Waals surface area contributed by atoms with Gasteiger partial charge in [0.2, 0.25) is 0 Å². The molecule has 2 rings (SSSR count). The smallest absolute Gasteiger partial charge is 0.123 e. The van der Waals surface area contributed by atoms with Crippen LogP contribution in [0.5, 0.6) is 0 Å². The van der Waals surface area contributed by atoms with Gasteiger partial charge in [-0.2, -0.15) is 0 Å². The monoisotopic (exact) mass is 241 g/mol. The first-order valence-corrected chi connectivity index (χ1v) is 6.06. The van der Waals surface area contributed by atoms with E-state index in [-0.39, 0.29) is 0 Å². The number of rotatable bonds is 3. The van der Waals surface area contributed by atoms with Gasteiger partial charge < -0.3 is 10.6 Å². The van der Waals surface area contributed by atoms with Gasteiger partial charge in [-0.25, -0.2) is 4.98 Å². The Morgan fingerprint density at radius 1 is 1.00 bits per heavy atom. The van der Waals surface area contributed by atoms with Gasteiger partial charge in [-0.15, -0.1) is 0 Å². The Bertz CT molecular complexity index is 500. The van der Waals surface area contributed by atoms with E-state index in [0.717, 1.165) is 11.1 Å². The molecule has 0 fully saturated rings. The maximum atomic E-state index is 5.59. The highest BCUT2D eigenvalue weighted by Crippen LogP contribution is 2.23. The average molecular weight is 241 g/mol. The Morgan fingerprint density at radius 2 is 1.61 bits per heavy atom. The van der Waals surface area contributed by atoms with Crippen molar-refractivity contribution in [2.45, 2.75) is 13.0 Å².